The molecular weight excluding hydrogens is 368 g/mol. The fraction of sp³-hybridized carbons (Fsp3) is 0.292. The van der Waals surface area contributed by atoms with Crippen LogP contribution in [0.2, 0.25) is 0 Å². The van der Waals surface area contributed by atoms with E-state index in [1.807, 2.05) is 6.07 Å². The number of rotatable bonds is 4. The molecule has 0 spiro atoms. The SMILES string of the molecule is COc1ccc2cc(CC(=N)N3CCC(c4ccccc4)CC3)ccc2c1.Cl. The van der Waals surface area contributed by atoms with Gasteiger partial charge in [0.25, 0.3) is 0 Å². The minimum Gasteiger partial charge on any atom is -0.497 e. The van der Waals surface area contributed by atoms with Crippen molar-refractivity contribution in [2.75, 3.05) is 20.2 Å². The molecule has 1 aliphatic rings. The van der Waals surface area contributed by atoms with Crippen LogP contribution in [0.4, 0.5) is 0 Å². The monoisotopic (exact) mass is 394 g/mol. The molecule has 1 saturated heterocycles. The summed E-state index contributed by atoms with van der Waals surface area (Å²) in [6, 6.07) is 23.4. The van der Waals surface area contributed by atoms with Crippen LogP contribution in [0.1, 0.15) is 29.9 Å². The Bertz CT molecular complexity index is 934. The van der Waals surface area contributed by atoms with E-state index in [1.165, 1.54) is 21.9 Å². The Morgan fingerprint density at radius 3 is 2.36 bits per heavy atom. The first-order valence-electron chi connectivity index (χ1n) is 9.67. The van der Waals surface area contributed by atoms with E-state index in [1.54, 1.807) is 7.11 Å². The third kappa shape index (κ3) is 4.48. The van der Waals surface area contributed by atoms with Gasteiger partial charge in [0.2, 0.25) is 0 Å². The molecule has 146 valence electrons. The van der Waals surface area contributed by atoms with Crippen molar-refractivity contribution in [2.24, 2.45) is 0 Å². The van der Waals surface area contributed by atoms with E-state index in [0.717, 1.165) is 37.5 Å². The number of halogens is 1. The summed E-state index contributed by atoms with van der Waals surface area (Å²) >= 11 is 0. The molecule has 3 aromatic carbocycles. The van der Waals surface area contributed by atoms with Gasteiger partial charge in [0.05, 0.1) is 7.11 Å². The Morgan fingerprint density at radius 1 is 0.964 bits per heavy atom. The molecule has 4 heteroatoms. The number of benzene rings is 3. The van der Waals surface area contributed by atoms with E-state index in [2.05, 4.69) is 65.6 Å². The standard InChI is InChI=1S/C24H26N2O.ClH/c1-27-23-10-9-21-15-18(7-8-22(21)17-23)16-24(25)26-13-11-20(12-14-26)19-5-3-2-4-6-19;/h2-10,15,17,20,25H,11-14,16H2,1H3;1H. The first kappa shape index (κ1) is 20.2. The lowest BCUT2D eigenvalue weighted by Crippen LogP contribution is -2.38. The summed E-state index contributed by atoms with van der Waals surface area (Å²) in [5, 5.41) is 10.9. The number of nitrogens with zero attached hydrogens (tertiary/aromatic N) is 1. The molecule has 0 unspecified atom stereocenters. The van der Waals surface area contributed by atoms with Crippen molar-refractivity contribution in [3.8, 4) is 5.75 Å². The quantitative estimate of drug-likeness (QED) is 0.457. The van der Waals surface area contributed by atoms with Gasteiger partial charge in [-0.05, 0) is 52.8 Å². The molecule has 0 amide bonds. The minimum atomic E-state index is 0. The molecule has 3 aromatic rings. The first-order chi connectivity index (χ1) is 13.2. The van der Waals surface area contributed by atoms with Crippen LogP contribution in [-0.2, 0) is 6.42 Å². The highest BCUT2D eigenvalue weighted by atomic mass is 35.5. The number of nitrogens with one attached hydrogen (secondary N) is 1. The van der Waals surface area contributed by atoms with Crippen molar-refractivity contribution in [1.29, 1.82) is 5.41 Å². The van der Waals surface area contributed by atoms with Crippen molar-refractivity contribution < 1.29 is 4.74 Å². The van der Waals surface area contributed by atoms with E-state index in [-0.39, 0.29) is 12.4 Å². The summed E-state index contributed by atoms with van der Waals surface area (Å²) in [5.74, 6) is 2.24. The molecule has 0 atom stereocenters. The fourth-order valence-electron chi connectivity index (χ4n) is 4.02. The Morgan fingerprint density at radius 2 is 1.64 bits per heavy atom. The lowest BCUT2D eigenvalue weighted by molar-refractivity contribution is 0.308. The zero-order valence-electron chi connectivity index (χ0n) is 16.2. The molecule has 28 heavy (non-hydrogen) atoms. The zero-order valence-corrected chi connectivity index (χ0v) is 17.0. The van der Waals surface area contributed by atoms with Gasteiger partial charge in [-0.2, -0.15) is 0 Å². The summed E-state index contributed by atoms with van der Waals surface area (Å²) in [5.41, 5.74) is 2.64. The number of hydrogen-bond donors (Lipinski definition) is 1. The highest BCUT2D eigenvalue weighted by Crippen LogP contribution is 2.28. The van der Waals surface area contributed by atoms with E-state index in [4.69, 9.17) is 10.1 Å². The van der Waals surface area contributed by atoms with Crippen LogP contribution < -0.4 is 4.74 Å². The van der Waals surface area contributed by atoms with Crippen molar-refractivity contribution in [2.45, 2.75) is 25.2 Å². The smallest absolute Gasteiger partial charge is 0.119 e. The van der Waals surface area contributed by atoms with Crippen molar-refractivity contribution >= 4 is 29.0 Å². The van der Waals surface area contributed by atoms with Crippen molar-refractivity contribution in [3.63, 3.8) is 0 Å². The summed E-state index contributed by atoms with van der Waals surface area (Å²) in [4.78, 5) is 2.25. The summed E-state index contributed by atoms with van der Waals surface area (Å²) < 4.78 is 5.30. The van der Waals surface area contributed by atoms with Gasteiger partial charge in [-0.15, -0.1) is 12.4 Å². The van der Waals surface area contributed by atoms with Gasteiger partial charge in [0.1, 0.15) is 11.6 Å². The van der Waals surface area contributed by atoms with Gasteiger partial charge < -0.3 is 9.64 Å². The van der Waals surface area contributed by atoms with Gasteiger partial charge in [0, 0.05) is 19.5 Å². The van der Waals surface area contributed by atoms with Crippen LogP contribution in [0.15, 0.2) is 66.7 Å². The van der Waals surface area contributed by atoms with Crippen molar-refractivity contribution in [3.05, 3.63) is 77.9 Å². The van der Waals surface area contributed by atoms with E-state index in [0.29, 0.717) is 12.3 Å². The van der Waals surface area contributed by atoms with Crippen LogP contribution in [0.3, 0.4) is 0 Å². The Labute approximate surface area is 173 Å². The second kappa shape index (κ2) is 9.11. The third-order valence-corrected chi connectivity index (χ3v) is 5.63. The van der Waals surface area contributed by atoms with Crippen LogP contribution in [0.25, 0.3) is 10.8 Å². The molecule has 0 aromatic heterocycles. The van der Waals surface area contributed by atoms with Gasteiger partial charge >= 0.3 is 0 Å². The van der Waals surface area contributed by atoms with Crippen LogP contribution in [-0.4, -0.2) is 30.9 Å². The molecule has 1 heterocycles. The van der Waals surface area contributed by atoms with Crippen LogP contribution in [0, 0.1) is 5.41 Å². The number of fused-ring (bicyclic) bond motifs is 1. The van der Waals surface area contributed by atoms with Gasteiger partial charge in [-0.3, -0.25) is 5.41 Å². The lowest BCUT2D eigenvalue weighted by Gasteiger charge is -2.34. The average molecular weight is 395 g/mol. The number of ether oxygens (including phenoxy) is 1. The topological polar surface area (TPSA) is 36.3 Å². The summed E-state index contributed by atoms with van der Waals surface area (Å²) in [7, 11) is 1.69. The highest BCUT2D eigenvalue weighted by Gasteiger charge is 2.22. The summed E-state index contributed by atoms with van der Waals surface area (Å²) in [6.45, 7) is 1.95. The molecule has 0 radical (unpaired) electrons. The molecule has 1 N–H and O–H groups in total. The number of hydrogen-bond acceptors (Lipinski definition) is 2. The Hall–Kier alpha value is -2.52. The van der Waals surface area contributed by atoms with Gasteiger partial charge in [0.15, 0.2) is 0 Å². The Balaban J connectivity index is 0.00000225. The number of piperidine rings is 1. The second-order valence-electron chi connectivity index (χ2n) is 7.34. The molecule has 1 fully saturated rings. The van der Waals surface area contributed by atoms with E-state index >= 15 is 0 Å². The van der Waals surface area contributed by atoms with Crippen LogP contribution >= 0.6 is 12.4 Å². The highest BCUT2D eigenvalue weighted by molar-refractivity contribution is 5.87. The first-order valence-corrected chi connectivity index (χ1v) is 9.67. The van der Waals surface area contributed by atoms with E-state index in [9.17, 15) is 0 Å². The largest absolute Gasteiger partial charge is 0.497 e. The minimum absolute atomic E-state index is 0. The molecule has 1 aliphatic heterocycles. The predicted octanol–water partition coefficient (Wildman–Crippen LogP) is 5.67. The predicted molar refractivity (Wildman–Crippen MR) is 119 cm³/mol. The van der Waals surface area contributed by atoms with Crippen molar-refractivity contribution in [1.82, 2.24) is 4.90 Å². The normalized spacial score (nSPS) is 14.5. The zero-order chi connectivity index (χ0) is 18.6. The second-order valence-corrected chi connectivity index (χ2v) is 7.34. The fourth-order valence-corrected chi connectivity index (χ4v) is 4.02. The lowest BCUT2D eigenvalue weighted by atomic mass is 9.89. The maximum absolute atomic E-state index is 8.57. The van der Waals surface area contributed by atoms with Gasteiger partial charge in [-0.1, -0.05) is 54.6 Å². The molecule has 3 nitrogen and oxygen atoms in total. The molecule has 0 bridgehead atoms. The molecule has 4 rings (SSSR count). The molecular formula is C24H27ClN2O. The number of amidine groups is 1. The molecule has 0 saturated carbocycles. The third-order valence-electron chi connectivity index (χ3n) is 5.63. The molecule has 0 aliphatic carbocycles. The average Bonchev–Trinajstić information content (AvgIpc) is 2.74. The maximum atomic E-state index is 8.57. The summed E-state index contributed by atoms with van der Waals surface area (Å²) in [6.07, 6.45) is 2.95. The number of methoxy groups -OCH3 is 1. The maximum Gasteiger partial charge on any atom is 0.119 e. The number of likely N-dealkylation sites (tertiary alicyclic amines) is 1. The van der Waals surface area contributed by atoms with Gasteiger partial charge in [-0.25, -0.2) is 0 Å². The van der Waals surface area contributed by atoms with E-state index < -0.39 is 0 Å². The Kier molecular flexibility index (Phi) is 6.58. The van der Waals surface area contributed by atoms with Crippen LogP contribution in [0.5, 0.6) is 5.75 Å².